The largest absolute Gasteiger partial charge is 0.351 e. The first-order valence-electron chi connectivity index (χ1n) is 9.30. The van der Waals surface area contributed by atoms with Gasteiger partial charge in [-0.1, -0.05) is 31.9 Å². The number of carbonyl (C=O) groups excluding carboxylic acids is 3. The van der Waals surface area contributed by atoms with Crippen LogP contribution in [0.1, 0.15) is 59.7 Å². The predicted molar refractivity (Wildman–Crippen MR) is 103 cm³/mol. The number of fused-ring (bicyclic) bond motifs is 1. The van der Waals surface area contributed by atoms with Crippen LogP contribution in [0.5, 0.6) is 0 Å². The summed E-state index contributed by atoms with van der Waals surface area (Å²) in [7, 11) is 0. The highest BCUT2D eigenvalue weighted by Gasteiger charge is 2.42. The molecule has 3 atom stereocenters. The van der Waals surface area contributed by atoms with Gasteiger partial charge in [-0.3, -0.25) is 19.3 Å². The van der Waals surface area contributed by atoms with E-state index >= 15 is 0 Å². The second-order valence-corrected chi connectivity index (χ2v) is 8.19. The average molecular weight is 375 g/mol. The zero-order valence-electron chi connectivity index (χ0n) is 15.4. The molecule has 1 aliphatic heterocycles. The van der Waals surface area contributed by atoms with Gasteiger partial charge in [0.1, 0.15) is 6.04 Å². The number of benzene rings is 1. The number of hydrogen-bond donors (Lipinski definition) is 1. The Kier molecular flexibility index (Phi) is 6.01. The lowest BCUT2D eigenvalue weighted by Crippen LogP contribution is -2.53. The minimum absolute atomic E-state index is 0.128. The van der Waals surface area contributed by atoms with Crippen LogP contribution in [-0.2, 0) is 4.79 Å². The molecule has 1 aromatic rings. The second-order valence-electron chi connectivity index (χ2n) is 7.20. The van der Waals surface area contributed by atoms with Crippen LogP contribution in [0.25, 0.3) is 0 Å². The fourth-order valence-electron chi connectivity index (χ4n) is 3.91. The van der Waals surface area contributed by atoms with E-state index in [1.165, 1.54) is 11.3 Å². The maximum Gasteiger partial charge on any atom is 0.262 e. The lowest BCUT2D eigenvalue weighted by Gasteiger charge is -2.32. The van der Waals surface area contributed by atoms with Gasteiger partial charge in [0.15, 0.2) is 0 Å². The van der Waals surface area contributed by atoms with E-state index in [4.69, 9.17) is 0 Å². The predicted octanol–water partition coefficient (Wildman–Crippen LogP) is 3.10. The van der Waals surface area contributed by atoms with Crippen LogP contribution in [-0.4, -0.2) is 46.7 Å². The first-order valence-corrected chi connectivity index (χ1v) is 10.7. The van der Waals surface area contributed by atoms with Gasteiger partial charge in [0.2, 0.25) is 5.91 Å². The molecule has 0 aromatic heterocycles. The zero-order chi connectivity index (χ0) is 18.7. The van der Waals surface area contributed by atoms with Crippen molar-refractivity contribution in [3.63, 3.8) is 0 Å². The van der Waals surface area contributed by atoms with Gasteiger partial charge < -0.3 is 5.32 Å². The summed E-state index contributed by atoms with van der Waals surface area (Å²) in [6.07, 6.45) is 6.80. The summed E-state index contributed by atoms with van der Waals surface area (Å²) in [6.45, 7) is 2.16. The highest BCUT2D eigenvalue weighted by atomic mass is 32.2. The van der Waals surface area contributed by atoms with E-state index in [-0.39, 0.29) is 23.8 Å². The molecule has 1 aromatic carbocycles. The number of hydrogen-bond acceptors (Lipinski definition) is 4. The molecule has 0 unspecified atom stereocenters. The molecule has 0 spiro atoms. The van der Waals surface area contributed by atoms with Crippen molar-refractivity contribution in [3.8, 4) is 0 Å². The fraction of sp³-hybridized carbons (Fsp3) is 0.550. The summed E-state index contributed by atoms with van der Waals surface area (Å²) < 4.78 is 0. The maximum absolute atomic E-state index is 13.0. The monoisotopic (exact) mass is 374 g/mol. The Morgan fingerprint density at radius 3 is 2.38 bits per heavy atom. The molecule has 1 N–H and O–H groups in total. The molecule has 0 bridgehead atoms. The molecule has 5 nitrogen and oxygen atoms in total. The Balaban J connectivity index is 1.81. The van der Waals surface area contributed by atoms with E-state index in [0.717, 1.165) is 19.3 Å². The lowest BCUT2D eigenvalue weighted by molar-refractivity contribution is -0.126. The van der Waals surface area contributed by atoms with Crippen molar-refractivity contribution in [1.29, 1.82) is 0 Å². The van der Waals surface area contributed by atoms with E-state index in [1.807, 2.05) is 6.26 Å². The number of thioether (sulfide) groups is 1. The molecule has 26 heavy (non-hydrogen) atoms. The molecule has 1 fully saturated rings. The molecular formula is C20H26N2O3S. The third-order valence-electron chi connectivity index (χ3n) is 5.47. The molecular weight excluding hydrogens is 348 g/mol. The number of nitrogens with zero attached hydrogens (tertiary/aromatic N) is 1. The van der Waals surface area contributed by atoms with Gasteiger partial charge in [-0.2, -0.15) is 11.8 Å². The highest BCUT2D eigenvalue weighted by molar-refractivity contribution is 7.98. The average Bonchev–Trinajstić information content (AvgIpc) is 2.89. The van der Waals surface area contributed by atoms with Crippen LogP contribution in [0.4, 0.5) is 0 Å². The third kappa shape index (κ3) is 3.65. The topological polar surface area (TPSA) is 66.5 Å². The molecule has 0 radical (unpaired) electrons. The zero-order valence-corrected chi connectivity index (χ0v) is 16.2. The summed E-state index contributed by atoms with van der Waals surface area (Å²) in [5.74, 6) is 0.224. The maximum atomic E-state index is 13.0. The molecule has 0 saturated heterocycles. The summed E-state index contributed by atoms with van der Waals surface area (Å²) in [6, 6.07) is 6.18. The first-order chi connectivity index (χ1) is 12.5. The molecule has 6 heteroatoms. The van der Waals surface area contributed by atoms with Crippen molar-refractivity contribution in [2.45, 2.75) is 51.1 Å². The highest BCUT2D eigenvalue weighted by Crippen LogP contribution is 2.28. The Morgan fingerprint density at radius 1 is 1.19 bits per heavy atom. The number of carbonyl (C=O) groups is 3. The van der Waals surface area contributed by atoms with Crippen LogP contribution in [0.3, 0.4) is 0 Å². The summed E-state index contributed by atoms with van der Waals surface area (Å²) in [5, 5.41) is 3.13. The van der Waals surface area contributed by atoms with Gasteiger partial charge in [0.05, 0.1) is 11.1 Å². The summed E-state index contributed by atoms with van der Waals surface area (Å²) in [5.41, 5.74) is 0.788. The standard InChI is InChI=1S/C20H26N2O3S/c1-13-7-3-6-10-16(13)21-18(23)17(11-12-26-2)22-19(24)14-8-4-5-9-15(14)20(22)25/h4-5,8-9,13,16-17H,3,6-7,10-12H2,1-2H3,(H,21,23)/t13-,16-,17-/m1/s1. The summed E-state index contributed by atoms with van der Waals surface area (Å²) >= 11 is 1.61. The van der Waals surface area contributed by atoms with Gasteiger partial charge in [0.25, 0.3) is 11.8 Å². The van der Waals surface area contributed by atoms with E-state index in [1.54, 1.807) is 36.0 Å². The SMILES string of the molecule is CSCC[C@H](C(=O)N[C@@H]1CCCC[C@H]1C)N1C(=O)c2ccccc2C1=O. The first kappa shape index (κ1) is 19.0. The molecule has 1 heterocycles. The molecule has 1 aliphatic carbocycles. The van der Waals surface area contributed by atoms with E-state index in [0.29, 0.717) is 29.2 Å². The smallest absolute Gasteiger partial charge is 0.262 e. The summed E-state index contributed by atoms with van der Waals surface area (Å²) in [4.78, 5) is 39.8. The number of imide groups is 1. The van der Waals surface area contributed by atoms with E-state index < -0.39 is 6.04 Å². The van der Waals surface area contributed by atoms with Crippen molar-refractivity contribution in [3.05, 3.63) is 35.4 Å². The van der Waals surface area contributed by atoms with Gasteiger partial charge in [-0.15, -0.1) is 0 Å². The minimum atomic E-state index is -0.746. The molecule has 140 valence electrons. The second kappa shape index (κ2) is 8.25. The molecule has 2 aliphatic rings. The molecule has 3 amide bonds. The van der Waals surface area contributed by atoms with Crippen LogP contribution >= 0.6 is 11.8 Å². The Morgan fingerprint density at radius 2 is 1.81 bits per heavy atom. The number of rotatable bonds is 6. The number of nitrogens with one attached hydrogen (secondary N) is 1. The van der Waals surface area contributed by atoms with Crippen LogP contribution in [0.2, 0.25) is 0 Å². The van der Waals surface area contributed by atoms with Crippen molar-refractivity contribution in [1.82, 2.24) is 10.2 Å². The fourth-order valence-corrected chi connectivity index (χ4v) is 4.37. The Bertz CT molecular complexity index is 671. The third-order valence-corrected chi connectivity index (χ3v) is 6.12. The quantitative estimate of drug-likeness (QED) is 0.777. The van der Waals surface area contributed by atoms with Crippen molar-refractivity contribution in [2.24, 2.45) is 5.92 Å². The van der Waals surface area contributed by atoms with Crippen LogP contribution < -0.4 is 5.32 Å². The lowest BCUT2D eigenvalue weighted by atomic mass is 9.86. The van der Waals surface area contributed by atoms with Crippen molar-refractivity contribution in [2.75, 3.05) is 12.0 Å². The molecule has 3 rings (SSSR count). The van der Waals surface area contributed by atoms with Gasteiger partial charge >= 0.3 is 0 Å². The molecule has 1 saturated carbocycles. The van der Waals surface area contributed by atoms with E-state index in [9.17, 15) is 14.4 Å². The normalized spacial score (nSPS) is 23.7. The van der Waals surface area contributed by atoms with Crippen LogP contribution in [0, 0.1) is 5.92 Å². The minimum Gasteiger partial charge on any atom is -0.351 e. The van der Waals surface area contributed by atoms with Gasteiger partial charge in [-0.25, -0.2) is 0 Å². The van der Waals surface area contributed by atoms with Crippen molar-refractivity contribution < 1.29 is 14.4 Å². The Hall–Kier alpha value is -1.82. The number of amides is 3. The Labute approximate surface area is 158 Å². The van der Waals surface area contributed by atoms with Crippen molar-refractivity contribution >= 4 is 29.5 Å². The van der Waals surface area contributed by atoms with Gasteiger partial charge in [0, 0.05) is 6.04 Å². The van der Waals surface area contributed by atoms with Gasteiger partial charge in [-0.05, 0) is 49.3 Å². The van der Waals surface area contributed by atoms with E-state index in [2.05, 4.69) is 12.2 Å². The van der Waals surface area contributed by atoms with Crippen LogP contribution in [0.15, 0.2) is 24.3 Å².